The van der Waals surface area contributed by atoms with Gasteiger partial charge in [-0.3, -0.25) is 14.6 Å². The Kier molecular flexibility index (Phi) is 6.17. The minimum absolute atomic E-state index is 0.0325. The Morgan fingerprint density at radius 2 is 1.84 bits per heavy atom. The molecule has 8 heteroatoms. The quantitative estimate of drug-likeness (QED) is 0.323. The molecule has 1 unspecified atom stereocenters. The number of likely N-dealkylation sites (tertiary alicyclic amines) is 1. The number of hydrogen-bond donors (Lipinski definition) is 1. The Hall–Kier alpha value is -3.35. The van der Waals surface area contributed by atoms with Crippen molar-refractivity contribution >= 4 is 40.7 Å². The van der Waals surface area contributed by atoms with E-state index in [9.17, 15) is 14.7 Å². The number of amides is 1. The number of carbonyl (C=O) groups excluding carboxylic acids is 2. The molecule has 0 aliphatic carbocycles. The summed E-state index contributed by atoms with van der Waals surface area (Å²) in [6.45, 7) is 0.159. The Morgan fingerprint density at radius 1 is 1.09 bits per heavy atom. The third kappa shape index (κ3) is 4.07. The summed E-state index contributed by atoms with van der Waals surface area (Å²) in [5, 5.41) is 11.6. The van der Waals surface area contributed by atoms with Crippen molar-refractivity contribution in [1.82, 2.24) is 9.88 Å². The second-order valence-corrected chi connectivity index (χ2v) is 8.00. The van der Waals surface area contributed by atoms with E-state index in [1.807, 2.05) is 12.1 Å². The molecule has 1 saturated heterocycles. The molecule has 4 rings (SSSR count). The second-order valence-electron chi connectivity index (χ2n) is 7.19. The fourth-order valence-electron chi connectivity index (χ4n) is 3.65. The smallest absolute Gasteiger partial charge is 0.295 e. The molecular weight excluding hydrogens is 451 g/mol. The van der Waals surface area contributed by atoms with Crippen molar-refractivity contribution in [3.05, 3.63) is 99.3 Å². The van der Waals surface area contributed by atoms with Crippen LogP contribution in [-0.2, 0) is 16.1 Å². The van der Waals surface area contributed by atoms with Crippen molar-refractivity contribution < 1.29 is 19.4 Å². The van der Waals surface area contributed by atoms with Crippen molar-refractivity contribution in [3.8, 4) is 5.75 Å². The standard InChI is InChI=1S/C24H18Cl2N2O4/c1-32-17-7-4-14(5-8-17)13-28-21(16-3-2-10-27-12-16)20(23(30)24(28)31)22(29)15-6-9-18(25)19(26)11-15/h2-12,21,29H,13H2,1H3/b22-20-. The molecule has 0 spiro atoms. The topological polar surface area (TPSA) is 79.7 Å². The number of pyridine rings is 1. The van der Waals surface area contributed by atoms with Gasteiger partial charge in [-0.25, -0.2) is 0 Å². The Bertz CT molecular complexity index is 1210. The third-order valence-electron chi connectivity index (χ3n) is 5.25. The fraction of sp³-hybridized carbons (Fsp3) is 0.125. The maximum atomic E-state index is 13.0. The summed E-state index contributed by atoms with van der Waals surface area (Å²) in [7, 11) is 1.57. The summed E-state index contributed by atoms with van der Waals surface area (Å²) in [6, 6.07) is 14.4. The second kappa shape index (κ2) is 9.02. The van der Waals surface area contributed by atoms with Gasteiger partial charge in [-0.15, -0.1) is 0 Å². The lowest BCUT2D eigenvalue weighted by Gasteiger charge is -2.25. The number of ketones is 1. The summed E-state index contributed by atoms with van der Waals surface area (Å²) in [5.41, 5.74) is 1.66. The zero-order valence-corrected chi connectivity index (χ0v) is 18.5. The summed E-state index contributed by atoms with van der Waals surface area (Å²) in [6.07, 6.45) is 3.16. The van der Waals surface area contributed by atoms with Crippen molar-refractivity contribution in [3.63, 3.8) is 0 Å². The summed E-state index contributed by atoms with van der Waals surface area (Å²) in [4.78, 5) is 31.6. The van der Waals surface area contributed by atoms with E-state index in [4.69, 9.17) is 27.9 Å². The molecule has 0 bridgehead atoms. The van der Waals surface area contributed by atoms with Crippen LogP contribution in [0.4, 0.5) is 0 Å². The predicted octanol–water partition coefficient (Wildman–Crippen LogP) is 5.02. The molecule has 0 radical (unpaired) electrons. The van der Waals surface area contributed by atoms with Crippen LogP contribution >= 0.6 is 23.2 Å². The van der Waals surface area contributed by atoms with Gasteiger partial charge < -0.3 is 14.7 Å². The molecule has 32 heavy (non-hydrogen) atoms. The van der Waals surface area contributed by atoms with Crippen LogP contribution in [0.15, 0.2) is 72.6 Å². The first-order valence-corrected chi connectivity index (χ1v) is 10.4. The van der Waals surface area contributed by atoms with Gasteiger partial charge in [-0.2, -0.15) is 0 Å². The van der Waals surface area contributed by atoms with E-state index in [-0.39, 0.29) is 28.5 Å². The maximum Gasteiger partial charge on any atom is 0.295 e. The number of ether oxygens (including phenoxy) is 1. The number of aromatic nitrogens is 1. The van der Waals surface area contributed by atoms with E-state index in [1.165, 1.54) is 17.0 Å². The van der Waals surface area contributed by atoms with Gasteiger partial charge in [0.05, 0.1) is 28.8 Å². The summed E-state index contributed by atoms with van der Waals surface area (Å²) >= 11 is 12.1. The lowest BCUT2D eigenvalue weighted by molar-refractivity contribution is -0.140. The highest BCUT2D eigenvalue weighted by Gasteiger charge is 2.46. The number of nitrogens with zero attached hydrogens (tertiary/aromatic N) is 2. The van der Waals surface area contributed by atoms with Gasteiger partial charge in [0.2, 0.25) is 0 Å². The molecule has 162 valence electrons. The minimum Gasteiger partial charge on any atom is -0.507 e. The van der Waals surface area contributed by atoms with Crippen molar-refractivity contribution in [1.29, 1.82) is 0 Å². The number of aliphatic hydroxyl groups excluding tert-OH is 1. The summed E-state index contributed by atoms with van der Waals surface area (Å²) in [5.74, 6) is -1.14. The molecule has 2 heterocycles. The normalized spacial score (nSPS) is 17.6. The minimum atomic E-state index is -0.819. The number of halogens is 2. The van der Waals surface area contributed by atoms with E-state index in [2.05, 4.69) is 4.98 Å². The first-order chi connectivity index (χ1) is 15.4. The Morgan fingerprint density at radius 3 is 2.47 bits per heavy atom. The molecule has 1 atom stereocenters. The predicted molar refractivity (Wildman–Crippen MR) is 122 cm³/mol. The number of Topliss-reactive ketones (excluding diaryl/α,β-unsaturated/α-hetero) is 1. The van der Waals surface area contributed by atoms with E-state index < -0.39 is 17.7 Å². The number of hydrogen-bond acceptors (Lipinski definition) is 5. The van der Waals surface area contributed by atoms with Crippen LogP contribution in [-0.4, -0.2) is 33.8 Å². The molecule has 1 N–H and O–H groups in total. The van der Waals surface area contributed by atoms with Crippen LogP contribution in [0.25, 0.3) is 5.76 Å². The van der Waals surface area contributed by atoms with E-state index in [0.29, 0.717) is 16.3 Å². The molecule has 1 aliphatic rings. The Balaban J connectivity index is 1.82. The van der Waals surface area contributed by atoms with Crippen LogP contribution in [0.2, 0.25) is 10.0 Å². The lowest BCUT2D eigenvalue weighted by Crippen LogP contribution is -2.29. The first-order valence-electron chi connectivity index (χ1n) is 9.67. The zero-order chi connectivity index (χ0) is 22.8. The largest absolute Gasteiger partial charge is 0.507 e. The molecule has 1 aromatic heterocycles. The molecule has 1 fully saturated rings. The molecule has 2 aromatic carbocycles. The molecular formula is C24H18Cl2N2O4. The molecule has 6 nitrogen and oxygen atoms in total. The number of benzene rings is 2. The number of methoxy groups -OCH3 is 1. The number of aliphatic hydroxyl groups is 1. The van der Waals surface area contributed by atoms with Gasteiger partial charge in [0.25, 0.3) is 11.7 Å². The van der Waals surface area contributed by atoms with Crippen LogP contribution in [0.5, 0.6) is 5.75 Å². The maximum absolute atomic E-state index is 13.0. The SMILES string of the molecule is COc1ccc(CN2C(=O)C(=O)/C(=C(\O)c3ccc(Cl)c(Cl)c3)C2c2cccnc2)cc1. The zero-order valence-electron chi connectivity index (χ0n) is 17.0. The highest BCUT2D eigenvalue weighted by Crippen LogP contribution is 2.40. The molecule has 3 aromatic rings. The Labute approximate surface area is 194 Å². The van der Waals surface area contributed by atoms with Gasteiger partial charge >= 0.3 is 0 Å². The molecule has 0 saturated carbocycles. The summed E-state index contributed by atoms with van der Waals surface area (Å²) < 4.78 is 5.18. The highest BCUT2D eigenvalue weighted by molar-refractivity contribution is 6.46. The van der Waals surface area contributed by atoms with Crippen LogP contribution in [0.1, 0.15) is 22.7 Å². The van der Waals surface area contributed by atoms with Crippen LogP contribution in [0, 0.1) is 0 Å². The fourth-order valence-corrected chi connectivity index (χ4v) is 3.95. The average molecular weight is 469 g/mol. The van der Waals surface area contributed by atoms with Crippen LogP contribution in [0.3, 0.4) is 0 Å². The van der Waals surface area contributed by atoms with Crippen molar-refractivity contribution in [2.24, 2.45) is 0 Å². The number of rotatable bonds is 5. The average Bonchev–Trinajstić information content (AvgIpc) is 3.06. The van der Waals surface area contributed by atoms with Gasteiger partial charge in [-0.05, 0) is 47.5 Å². The monoisotopic (exact) mass is 468 g/mol. The first kappa shape index (κ1) is 21.9. The van der Waals surface area contributed by atoms with E-state index in [1.54, 1.807) is 49.8 Å². The van der Waals surface area contributed by atoms with Gasteiger partial charge in [-0.1, -0.05) is 41.4 Å². The van der Waals surface area contributed by atoms with E-state index >= 15 is 0 Å². The molecule has 1 aliphatic heterocycles. The van der Waals surface area contributed by atoms with Crippen molar-refractivity contribution in [2.75, 3.05) is 7.11 Å². The highest BCUT2D eigenvalue weighted by atomic mass is 35.5. The van der Waals surface area contributed by atoms with Gasteiger partial charge in [0.1, 0.15) is 11.5 Å². The van der Waals surface area contributed by atoms with Crippen LogP contribution < -0.4 is 4.74 Å². The molecule has 1 amide bonds. The lowest BCUT2D eigenvalue weighted by atomic mass is 9.96. The third-order valence-corrected chi connectivity index (χ3v) is 5.98. The number of carbonyl (C=O) groups is 2. The van der Waals surface area contributed by atoms with E-state index in [0.717, 1.165) is 5.56 Å². The van der Waals surface area contributed by atoms with Gasteiger partial charge in [0, 0.05) is 24.5 Å². The van der Waals surface area contributed by atoms with Gasteiger partial charge in [0.15, 0.2) is 0 Å². The van der Waals surface area contributed by atoms with Crippen molar-refractivity contribution in [2.45, 2.75) is 12.6 Å².